The minimum atomic E-state index is -0.108. The highest BCUT2D eigenvalue weighted by atomic mass is 16.1. The summed E-state index contributed by atoms with van der Waals surface area (Å²) in [4.78, 5) is 12.5. The van der Waals surface area contributed by atoms with Crippen molar-refractivity contribution in [2.24, 2.45) is 0 Å². The maximum absolute atomic E-state index is 12.5. The number of amides is 1. The third-order valence-corrected chi connectivity index (χ3v) is 4.24. The van der Waals surface area contributed by atoms with E-state index in [0.717, 1.165) is 33.9 Å². The molecule has 0 radical (unpaired) electrons. The number of aryl methyl sites for hydroxylation is 3. The van der Waals surface area contributed by atoms with E-state index in [2.05, 4.69) is 10.4 Å². The summed E-state index contributed by atoms with van der Waals surface area (Å²) in [7, 11) is 0. The van der Waals surface area contributed by atoms with Crippen molar-refractivity contribution in [2.45, 2.75) is 27.7 Å². The number of hydrogen-bond donors (Lipinski definition) is 1. The Labute approximate surface area is 142 Å². The molecule has 4 nitrogen and oxygen atoms in total. The van der Waals surface area contributed by atoms with Crippen molar-refractivity contribution in [1.29, 1.82) is 0 Å². The molecule has 1 heterocycles. The number of benzene rings is 2. The SMILES string of the molecule is Cc1cc(C)n(-c2ccc(C(=O)Nc3cccc(C)c3C)cc2)n1. The van der Waals surface area contributed by atoms with Gasteiger partial charge >= 0.3 is 0 Å². The van der Waals surface area contributed by atoms with E-state index in [0.29, 0.717) is 5.56 Å². The van der Waals surface area contributed by atoms with Gasteiger partial charge in [-0.1, -0.05) is 12.1 Å². The standard InChI is InChI=1S/C20H21N3O/c1-13-6-5-7-19(16(13)4)21-20(24)17-8-10-18(11-9-17)23-15(3)12-14(2)22-23/h5-12H,1-4H3,(H,21,24). The minimum Gasteiger partial charge on any atom is -0.322 e. The number of carbonyl (C=O) groups excluding carboxylic acids is 1. The van der Waals surface area contributed by atoms with E-state index in [4.69, 9.17) is 0 Å². The monoisotopic (exact) mass is 319 g/mol. The summed E-state index contributed by atoms with van der Waals surface area (Å²) in [5.74, 6) is -0.108. The van der Waals surface area contributed by atoms with E-state index >= 15 is 0 Å². The number of rotatable bonds is 3. The van der Waals surface area contributed by atoms with Crippen LogP contribution < -0.4 is 5.32 Å². The Bertz CT molecular complexity index is 892. The van der Waals surface area contributed by atoms with Crippen LogP contribution in [-0.4, -0.2) is 15.7 Å². The van der Waals surface area contributed by atoms with Crippen LogP contribution in [0.5, 0.6) is 0 Å². The molecule has 1 N–H and O–H groups in total. The second-order valence-electron chi connectivity index (χ2n) is 6.09. The lowest BCUT2D eigenvalue weighted by atomic mass is 10.1. The Kier molecular flexibility index (Phi) is 4.21. The van der Waals surface area contributed by atoms with Gasteiger partial charge in [-0.2, -0.15) is 5.10 Å². The lowest BCUT2D eigenvalue weighted by Crippen LogP contribution is -2.13. The quantitative estimate of drug-likeness (QED) is 0.780. The Morgan fingerprint density at radius 2 is 1.71 bits per heavy atom. The van der Waals surface area contributed by atoms with Crippen molar-refractivity contribution in [2.75, 3.05) is 5.32 Å². The molecule has 0 fully saturated rings. The number of nitrogens with one attached hydrogen (secondary N) is 1. The molecule has 0 bridgehead atoms. The van der Waals surface area contributed by atoms with Crippen LogP contribution in [0.15, 0.2) is 48.5 Å². The summed E-state index contributed by atoms with van der Waals surface area (Å²) in [6.45, 7) is 8.03. The number of aromatic nitrogens is 2. The Morgan fingerprint density at radius 1 is 1.00 bits per heavy atom. The third kappa shape index (κ3) is 3.08. The number of anilines is 1. The molecule has 24 heavy (non-hydrogen) atoms. The van der Waals surface area contributed by atoms with Crippen molar-refractivity contribution in [1.82, 2.24) is 9.78 Å². The topological polar surface area (TPSA) is 46.9 Å². The molecule has 122 valence electrons. The third-order valence-electron chi connectivity index (χ3n) is 4.24. The largest absolute Gasteiger partial charge is 0.322 e. The Hall–Kier alpha value is -2.88. The van der Waals surface area contributed by atoms with Crippen molar-refractivity contribution in [3.63, 3.8) is 0 Å². The maximum Gasteiger partial charge on any atom is 0.255 e. The number of carbonyl (C=O) groups is 1. The highest BCUT2D eigenvalue weighted by molar-refractivity contribution is 6.04. The van der Waals surface area contributed by atoms with Gasteiger partial charge in [0.2, 0.25) is 0 Å². The fourth-order valence-corrected chi connectivity index (χ4v) is 2.73. The van der Waals surface area contributed by atoms with Crippen LogP contribution in [0.1, 0.15) is 32.9 Å². The summed E-state index contributed by atoms with van der Waals surface area (Å²) < 4.78 is 1.88. The zero-order valence-electron chi connectivity index (χ0n) is 14.4. The van der Waals surface area contributed by atoms with Gasteiger partial charge in [-0.3, -0.25) is 4.79 Å². The molecule has 0 aliphatic heterocycles. The smallest absolute Gasteiger partial charge is 0.255 e. The highest BCUT2D eigenvalue weighted by Gasteiger charge is 2.10. The van der Waals surface area contributed by atoms with Gasteiger partial charge in [-0.25, -0.2) is 4.68 Å². The van der Waals surface area contributed by atoms with Gasteiger partial charge in [0.05, 0.1) is 11.4 Å². The Balaban J connectivity index is 1.81. The number of hydrogen-bond acceptors (Lipinski definition) is 2. The maximum atomic E-state index is 12.5. The van der Waals surface area contributed by atoms with Gasteiger partial charge in [0.25, 0.3) is 5.91 Å². The molecule has 3 aromatic rings. The highest BCUT2D eigenvalue weighted by Crippen LogP contribution is 2.19. The van der Waals surface area contributed by atoms with Crippen LogP contribution in [0.3, 0.4) is 0 Å². The number of nitrogens with zero attached hydrogens (tertiary/aromatic N) is 2. The summed E-state index contributed by atoms with van der Waals surface area (Å²) >= 11 is 0. The fourth-order valence-electron chi connectivity index (χ4n) is 2.73. The lowest BCUT2D eigenvalue weighted by molar-refractivity contribution is 0.102. The summed E-state index contributed by atoms with van der Waals surface area (Å²) in [6.07, 6.45) is 0. The zero-order chi connectivity index (χ0) is 17.3. The first-order valence-corrected chi connectivity index (χ1v) is 7.97. The lowest BCUT2D eigenvalue weighted by Gasteiger charge is -2.11. The van der Waals surface area contributed by atoms with Gasteiger partial charge in [0.15, 0.2) is 0 Å². The van der Waals surface area contributed by atoms with Crippen LogP contribution in [0.2, 0.25) is 0 Å². The average Bonchev–Trinajstić information content (AvgIpc) is 2.90. The van der Waals surface area contributed by atoms with E-state index in [1.54, 1.807) is 0 Å². The van der Waals surface area contributed by atoms with Crippen LogP contribution in [0, 0.1) is 27.7 Å². The molecule has 3 rings (SSSR count). The van der Waals surface area contributed by atoms with E-state index in [1.807, 2.05) is 80.9 Å². The first-order chi connectivity index (χ1) is 11.5. The zero-order valence-corrected chi connectivity index (χ0v) is 14.4. The van der Waals surface area contributed by atoms with E-state index in [-0.39, 0.29) is 5.91 Å². The first kappa shape index (κ1) is 16.0. The minimum absolute atomic E-state index is 0.108. The van der Waals surface area contributed by atoms with E-state index in [1.165, 1.54) is 0 Å². The molecule has 0 saturated carbocycles. The molecule has 0 aliphatic carbocycles. The molecule has 1 aromatic heterocycles. The van der Waals surface area contributed by atoms with Crippen molar-refractivity contribution < 1.29 is 4.79 Å². The van der Waals surface area contributed by atoms with Crippen molar-refractivity contribution in [3.05, 3.63) is 76.6 Å². The first-order valence-electron chi connectivity index (χ1n) is 7.97. The van der Waals surface area contributed by atoms with E-state index in [9.17, 15) is 4.79 Å². The molecule has 0 unspecified atom stereocenters. The van der Waals surface area contributed by atoms with Gasteiger partial charge in [-0.15, -0.1) is 0 Å². The second kappa shape index (κ2) is 6.32. The molecular weight excluding hydrogens is 298 g/mol. The molecule has 1 amide bonds. The fraction of sp³-hybridized carbons (Fsp3) is 0.200. The Morgan fingerprint density at radius 3 is 2.33 bits per heavy atom. The van der Waals surface area contributed by atoms with Gasteiger partial charge in [-0.05, 0) is 75.2 Å². The molecule has 4 heteroatoms. The van der Waals surface area contributed by atoms with Crippen LogP contribution in [0.4, 0.5) is 5.69 Å². The second-order valence-corrected chi connectivity index (χ2v) is 6.09. The normalized spacial score (nSPS) is 10.7. The molecule has 0 atom stereocenters. The molecule has 0 saturated heterocycles. The van der Waals surface area contributed by atoms with Gasteiger partial charge in [0.1, 0.15) is 0 Å². The summed E-state index contributed by atoms with van der Waals surface area (Å²) in [5, 5.41) is 7.44. The molecule has 0 aliphatic rings. The van der Waals surface area contributed by atoms with Crippen LogP contribution in [-0.2, 0) is 0 Å². The molecule has 2 aromatic carbocycles. The summed E-state index contributed by atoms with van der Waals surface area (Å²) in [5.41, 5.74) is 6.72. The predicted molar refractivity (Wildman–Crippen MR) is 96.9 cm³/mol. The van der Waals surface area contributed by atoms with Crippen LogP contribution >= 0.6 is 0 Å². The van der Waals surface area contributed by atoms with Gasteiger partial charge < -0.3 is 5.32 Å². The molecule has 0 spiro atoms. The average molecular weight is 319 g/mol. The van der Waals surface area contributed by atoms with Crippen molar-refractivity contribution >= 4 is 11.6 Å². The van der Waals surface area contributed by atoms with Crippen LogP contribution in [0.25, 0.3) is 5.69 Å². The van der Waals surface area contributed by atoms with Gasteiger partial charge in [0, 0.05) is 16.9 Å². The van der Waals surface area contributed by atoms with Crippen molar-refractivity contribution in [3.8, 4) is 5.69 Å². The molecular formula is C20H21N3O. The predicted octanol–water partition coefficient (Wildman–Crippen LogP) is 4.36. The summed E-state index contributed by atoms with van der Waals surface area (Å²) in [6, 6.07) is 15.4. The van der Waals surface area contributed by atoms with E-state index < -0.39 is 0 Å².